The molecule has 3 rings (SSSR count). The molecule has 1 fully saturated rings. The first kappa shape index (κ1) is 20.0. The van der Waals surface area contributed by atoms with Crippen LogP contribution in [0.25, 0.3) is 0 Å². The van der Waals surface area contributed by atoms with Crippen LogP contribution in [-0.2, 0) is 16.4 Å². The molecule has 146 valence electrons. The Balaban J connectivity index is 1.59. The molecule has 1 aromatic carbocycles. The maximum absolute atomic E-state index is 12.8. The van der Waals surface area contributed by atoms with Crippen LogP contribution in [0.5, 0.6) is 0 Å². The molecule has 0 spiro atoms. The summed E-state index contributed by atoms with van der Waals surface area (Å²) in [6.45, 7) is 6.90. The molecule has 1 aliphatic heterocycles. The van der Waals surface area contributed by atoms with E-state index in [9.17, 15) is 13.2 Å². The van der Waals surface area contributed by atoms with Crippen molar-refractivity contribution < 1.29 is 13.2 Å². The Labute approximate surface area is 165 Å². The highest BCUT2D eigenvalue weighted by Crippen LogP contribution is 2.24. The number of hydrogen-bond acceptors (Lipinski definition) is 4. The van der Waals surface area contributed by atoms with E-state index in [0.717, 1.165) is 16.9 Å². The number of carbonyl (C=O) groups is 1. The van der Waals surface area contributed by atoms with Crippen LogP contribution in [0, 0.1) is 13.8 Å². The molecule has 0 bridgehead atoms. The largest absolute Gasteiger partial charge is 0.349 e. The number of thiophene rings is 1. The lowest BCUT2D eigenvalue weighted by atomic mass is 10.1. The van der Waals surface area contributed by atoms with Crippen molar-refractivity contribution in [2.75, 3.05) is 13.1 Å². The first-order valence-electron chi connectivity index (χ1n) is 9.28. The lowest BCUT2D eigenvalue weighted by Gasteiger charge is -2.31. The highest BCUT2D eigenvalue weighted by Gasteiger charge is 2.30. The van der Waals surface area contributed by atoms with Crippen LogP contribution in [0.15, 0.2) is 35.2 Å². The molecule has 7 heteroatoms. The number of rotatable bonds is 5. The van der Waals surface area contributed by atoms with E-state index < -0.39 is 10.0 Å². The van der Waals surface area contributed by atoms with Gasteiger partial charge < -0.3 is 5.32 Å². The van der Waals surface area contributed by atoms with Crippen molar-refractivity contribution in [1.29, 1.82) is 0 Å². The lowest BCUT2D eigenvalue weighted by Crippen LogP contribution is -2.46. The van der Waals surface area contributed by atoms with Gasteiger partial charge in [-0.1, -0.05) is 24.6 Å². The van der Waals surface area contributed by atoms with E-state index in [1.807, 2.05) is 32.0 Å². The topological polar surface area (TPSA) is 66.5 Å². The van der Waals surface area contributed by atoms with Gasteiger partial charge in [0.2, 0.25) is 10.0 Å². The van der Waals surface area contributed by atoms with Crippen LogP contribution in [0.2, 0.25) is 0 Å². The molecular weight excluding hydrogens is 380 g/mol. The number of benzene rings is 1. The first-order valence-corrected chi connectivity index (χ1v) is 11.5. The minimum atomic E-state index is -3.47. The molecule has 2 heterocycles. The Kier molecular flexibility index (Phi) is 6.03. The van der Waals surface area contributed by atoms with Crippen molar-refractivity contribution in [1.82, 2.24) is 9.62 Å². The molecule has 0 aliphatic carbocycles. The van der Waals surface area contributed by atoms with E-state index >= 15 is 0 Å². The molecule has 1 amide bonds. The fraction of sp³-hybridized carbons (Fsp3) is 0.450. The molecule has 0 saturated carbocycles. The number of amides is 1. The standard InChI is InChI=1S/C20H26N2O3S2/c1-4-16-13-19(26-15(16)3)20(23)21-17-9-11-22(12-10-17)27(24,25)18-7-5-14(2)6-8-18/h5-8,13,17H,4,9-12H2,1-3H3,(H,21,23). The molecule has 0 radical (unpaired) electrons. The fourth-order valence-electron chi connectivity index (χ4n) is 3.34. The molecule has 1 aromatic heterocycles. The summed E-state index contributed by atoms with van der Waals surface area (Å²) in [5.74, 6) is -0.0531. The van der Waals surface area contributed by atoms with E-state index in [-0.39, 0.29) is 11.9 Å². The smallest absolute Gasteiger partial charge is 0.261 e. The Morgan fingerprint density at radius 3 is 2.37 bits per heavy atom. The second-order valence-corrected chi connectivity index (χ2v) is 10.2. The Morgan fingerprint density at radius 2 is 1.81 bits per heavy atom. The summed E-state index contributed by atoms with van der Waals surface area (Å²) < 4.78 is 27.0. The van der Waals surface area contributed by atoms with Gasteiger partial charge in [0.05, 0.1) is 9.77 Å². The van der Waals surface area contributed by atoms with Crippen molar-refractivity contribution in [3.63, 3.8) is 0 Å². The second-order valence-electron chi connectivity index (χ2n) is 7.01. The third kappa shape index (κ3) is 4.42. The number of nitrogens with one attached hydrogen (secondary N) is 1. The first-order chi connectivity index (χ1) is 12.8. The van der Waals surface area contributed by atoms with E-state index in [0.29, 0.717) is 30.8 Å². The quantitative estimate of drug-likeness (QED) is 0.826. The van der Waals surface area contributed by atoms with Crippen LogP contribution in [0.1, 0.15) is 45.4 Å². The van der Waals surface area contributed by atoms with Crippen LogP contribution in [0.3, 0.4) is 0 Å². The molecular formula is C20H26N2O3S2. The molecule has 1 saturated heterocycles. The summed E-state index contributed by atoms with van der Waals surface area (Å²) in [5.41, 5.74) is 2.24. The van der Waals surface area contributed by atoms with Crippen molar-refractivity contribution >= 4 is 27.3 Å². The van der Waals surface area contributed by atoms with Gasteiger partial charge in [0.25, 0.3) is 5.91 Å². The minimum absolute atomic E-state index is 0.00875. The molecule has 1 N–H and O–H groups in total. The van der Waals surface area contributed by atoms with Gasteiger partial charge >= 0.3 is 0 Å². The summed E-state index contributed by atoms with van der Waals surface area (Å²) in [5, 5.41) is 3.07. The van der Waals surface area contributed by atoms with E-state index in [4.69, 9.17) is 0 Å². The third-order valence-electron chi connectivity index (χ3n) is 5.07. The number of nitrogens with zero attached hydrogens (tertiary/aromatic N) is 1. The van der Waals surface area contributed by atoms with Gasteiger partial charge in [-0.15, -0.1) is 11.3 Å². The molecule has 5 nitrogen and oxygen atoms in total. The highest BCUT2D eigenvalue weighted by molar-refractivity contribution is 7.89. The summed E-state index contributed by atoms with van der Waals surface area (Å²) >= 11 is 1.52. The number of carbonyl (C=O) groups excluding carboxylic acids is 1. The van der Waals surface area contributed by atoms with Crippen LogP contribution >= 0.6 is 11.3 Å². The zero-order valence-corrected chi connectivity index (χ0v) is 17.6. The van der Waals surface area contributed by atoms with Crippen LogP contribution < -0.4 is 5.32 Å². The maximum atomic E-state index is 12.8. The van der Waals surface area contributed by atoms with E-state index in [1.54, 1.807) is 12.1 Å². The zero-order valence-electron chi connectivity index (χ0n) is 16.0. The van der Waals surface area contributed by atoms with Crippen molar-refractivity contribution in [2.24, 2.45) is 0 Å². The number of hydrogen-bond donors (Lipinski definition) is 1. The van der Waals surface area contributed by atoms with Crippen molar-refractivity contribution in [3.8, 4) is 0 Å². The monoisotopic (exact) mass is 406 g/mol. The number of sulfonamides is 1. The van der Waals surface area contributed by atoms with Crippen LogP contribution in [0.4, 0.5) is 0 Å². The van der Waals surface area contributed by atoms with Gasteiger partial charge in [0, 0.05) is 24.0 Å². The summed E-state index contributed by atoms with van der Waals surface area (Å²) in [6.07, 6.45) is 2.18. The molecule has 0 unspecified atom stereocenters. The van der Waals surface area contributed by atoms with Crippen molar-refractivity contribution in [2.45, 2.75) is 51.0 Å². The predicted octanol–water partition coefficient (Wildman–Crippen LogP) is 3.51. The average Bonchev–Trinajstić information content (AvgIpc) is 3.03. The van der Waals surface area contributed by atoms with Crippen molar-refractivity contribution in [3.05, 3.63) is 51.2 Å². The molecule has 2 aromatic rings. The predicted molar refractivity (Wildman–Crippen MR) is 109 cm³/mol. The Bertz CT molecular complexity index is 909. The summed E-state index contributed by atoms with van der Waals surface area (Å²) in [7, 11) is -3.47. The van der Waals surface area contributed by atoms with Crippen LogP contribution in [-0.4, -0.2) is 37.8 Å². The normalized spacial score (nSPS) is 16.4. The number of piperidine rings is 1. The molecule has 0 atom stereocenters. The van der Waals surface area contributed by atoms with Gasteiger partial charge in [-0.2, -0.15) is 4.31 Å². The summed E-state index contributed by atoms with van der Waals surface area (Å²) in [6, 6.07) is 8.91. The molecule has 1 aliphatic rings. The maximum Gasteiger partial charge on any atom is 0.261 e. The fourth-order valence-corrected chi connectivity index (χ4v) is 5.83. The van der Waals surface area contributed by atoms with Gasteiger partial charge in [0.15, 0.2) is 0 Å². The van der Waals surface area contributed by atoms with Gasteiger partial charge in [-0.25, -0.2) is 8.42 Å². The van der Waals surface area contributed by atoms with E-state index in [1.165, 1.54) is 26.1 Å². The lowest BCUT2D eigenvalue weighted by molar-refractivity contribution is 0.0928. The van der Waals surface area contributed by atoms with Gasteiger partial charge in [-0.3, -0.25) is 4.79 Å². The second kappa shape index (κ2) is 8.12. The SMILES string of the molecule is CCc1cc(C(=O)NC2CCN(S(=O)(=O)c3ccc(C)cc3)CC2)sc1C. The Morgan fingerprint density at radius 1 is 1.19 bits per heavy atom. The van der Waals surface area contributed by atoms with Gasteiger partial charge in [0.1, 0.15) is 0 Å². The highest BCUT2D eigenvalue weighted by atomic mass is 32.2. The van der Waals surface area contributed by atoms with Gasteiger partial charge in [-0.05, 0) is 56.9 Å². The average molecular weight is 407 g/mol. The van der Waals surface area contributed by atoms with E-state index in [2.05, 4.69) is 12.2 Å². The zero-order chi connectivity index (χ0) is 19.6. The molecule has 27 heavy (non-hydrogen) atoms. The number of aryl methyl sites for hydroxylation is 3. The minimum Gasteiger partial charge on any atom is -0.349 e. The summed E-state index contributed by atoms with van der Waals surface area (Å²) in [4.78, 5) is 14.7. The third-order valence-corrected chi connectivity index (χ3v) is 8.08. The Hall–Kier alpha value is -1.70.